The van der Waals surface area contributed by atoms with Gasteiger partial charge in [0.15, 0.2) is 5.76 Å². The first-order valence-corrected chi connectivity index (χ1v) is 6.36. The molecule has 0 atom stereocenters. The monoisotopic (exact) mass is 247 g/mol. The number of carbonyl (C=O) groups is 1. The Morgan fingerprint density at radius 3 is 2.72 bits per heavy atom. The number of nitrogens with one attached hydrogen (secondary N) is 1. The van der Waals surface area contributed by atoms with Crippen LogP contribution in [0.15, 0.2) is 16.8 Å². The van der Waals surface area contributed by atoms with E-state index < -0.39 is 5.41 Å². The summed E-state index contributed by atoms with van der Waals surface area (Å²) in [6.45, 7) is 0.294. The average molecular weight is 247 g/mol. The highest BCUT2D eigenvalue weighted by Crippen LogP contribution is 2.34. The summed E-state index contributed by atoms with van der Waals surface area (Å²) in [4.78, 5) is 12.2. The molecule has 1 aromatic heterocycles. The fourth-order valence-corrected chi connectivity index (χ4v) is 2.39. The average Bonchev–Trinajstić information content (AvgIpc) is 2.79. The summed E-state index contributed by atoms with van der Waals surface area (Å²) < 4.78 is 4.91. The van der Waals surface area contributed by atoms with Gasteiger partial charge < -0.3 is 9.84 Å². The van der Waals surface area contributed by atoms with Gasteiger partial charge in [-0.15, -0.1) is 0 Å². The molecule has 0 spiro atoms. The van der Waals surface area contributed by atoms with Crippen LogP contribution in [0.2, 0.25) is 0 Å². The first kappa shape index (κ1) is 12.6. The second-order valence-electron chi connectivity index (χ2n) is 4.77. The molecule has 0 aliphatic heterocycles. The van der Waals surface area contributed by atoms with E-state index in [1.54, 1.807) is 6.07 Å². The van der Waals surface area contributed by atoms with Crippen LogP contribution >= 0.6 is 0 Å². The van der Waals surface area contributed by atoms with Gasteiger partial charge in [0.1, 0.15) is 5.41 Å². The van der Waals surface area contributed by atoms with Crippen LogP contribution in [0.5, 0.6) is 0 Å². The van der Waals surface area contributed by atoms with Crippen LogP contribution in [0, 0.1) is 16.7 Å². The Kier molecular flexibility index (Phi) is 3.98. The molecule has 5 heteroatoms. The maximum atomic E-state index is 12.2. The highest BCUT2D eigenvalue weighted by Gasteiger charge is 2.38. The van der Waals surface area contributed by atoms with E-state index in [0.29, 0.717) is 25.1 Å². The number of hydrogen-bond acceptors (Lipinski definition) is 4. The van der Waals surface area contributed by atoms with E-state index in [1.807, 2.05) is 0 Å². The van der Waals surface area contributed by atoms with E-state index in [0.717, 1.165) is 25.7 Å². The molecule has 96 valence electrons. The van der Waals surface area contributed by atoms with Crippen molar-refractivity contribution in [3.8, 4) is 6.07 Å². The molecule has 5 nitrogen and oxygen atoms in total. The smallest absolute Gasteiger partial charge is 0.240 e. The lowest BCUT2D eigenvalue weighted by atomic mass is 9.81. The molecule has 1 aliphatic rings. The third-order valence-electron chi connectivity index (χ3n) is 3.52. The number of nitriles is 1. The van der Waals surface area contributed by atoms with Crippen molar-refractivity contribution in [3.63, 3.8) is 0 Å². The minimum Gasteiger partial charge on any atom is -0.360 e. The van der Waals surface area contributed by atoms with Crippen molar-refractivity contribution < 1.29 is 9.32 Å². The van der Waals surface area contributed by atoms with Crippen molar-refractivity contribution in [2.45, 2.75) is 45.1 Å². The van der Waals surface area contributed by atoms with Crippen molar-refractivity contribution in [1.82, 2.24) is 10.5 Å². The van der Waals surface area contributed by atoms with E-state index >= 15 is 0 Å². The SMILES string of the molecule is N#CC1(C(=O)NCc2ccno2)CCCCCC1. The Morgan fingerprint density at radius 1 is 1.44 bits per heavy atom. The maximum absolute atomic E-state index is 12.2. The van der Waals surface area contributed by atoms with E-state index in [4.69, 9.17) is 4.52 Å². The topological polar surface area (TPSA) is 78.9 Å². The van der Waals surface area contributed by atoms with Gasteiger partial charge in [-0.2, -0.15) is 5.26 Å². The standard InChI is InChI=1S/C13H17N3O2/c14-10-13(6-3-1-2-4-7-13)12(17)15-9-11-5-8-16-18-11/h5,8H,1-4,6-7,9H2,(H,15,17). The van der Waals surface area contributed by atoms with E-state index in [9.17, 15) is 10.1 Å². The second-order valence-corrected chi connectivity index (χ2v) is 4.77. The summed E-state index contributed by atoms with van der Waals surface area (Å²) in [7, 11) is 0. The largest absolute Gasteiger partial charge is 0.360 e. The van der Waals surface area contributed by atoms with Crippen LogP contribution in [-0.2, 0) is 11.3 Å². The zero-order valence-electron chi connectivity index (χ0n) is 10.3. The Morgan fingerprint density at radius 2 is 2.17 bits per heavy atom. The predicted molar refractivity (Wildman–Crippen MR) is 64.1 cm³/mol. The Balaban J connectivity index is 1.98. The molecular formula is C13H17N3O2. The lowest BCUT2D eigenvalue weighted by molar-refractivity contribution is -0.129. The molecule has 1 aromatic rings. The number of amides is 1. The normalized spacial score (nSPS) is 18.6. The van der Waals surface area contributed by atoms with Gasteiger partial charge in [0.05, 0.1) is 18.8 Å². The molecule has 0 bridgehead atoms. The van der Waals surface area contributed by atoms with E-state index in [2.05, 4.69) is 16.5 Å². The van der Waals surface area contributed by atoms with Gasteiger partial charge in [0.25, 0.3) is 0 Å². The van der Waals surface area contributed by atoms with E-state index in [1.165, 1.54) is 6.20 Å². The Labute approximate surface area is 106 Å². The van der Waals surface area contributed by atoms with Gasteiger partial charge in [-0.3, -0.25) is 4.79 Å². The molecule has 1 fully saturated rings. The fourth-order valence-electron chi connectivity index (χ4n) is 2.39. The summed E-state index contributed by atoms with van der Waals surface area (Å²) in [5, 5.41) is 15.7. The minimum atomic E-state index is -0.851. The van der Waals surface area contributed by atoms with Gasteiger partial charge in [0.2, 0.25) is 5.91 Å². The van der Waals surface area contributed by atoms with E-state index in [-0.39, 0.29) is 5.91 Å². The summed E-state index contributed by atoms with van der Waals surface area (Å²) in [5.74, 6) is 0.424. The molecule has 1 amide bonds. The van der Waals surface area contributed by atoms with Crippen LogP contribution in [0.25, 0.3) is 0 Å². The highest BCUT2D eigenvalue weighted by atomic mass is 16.5. The maximum Gasteiger partial charge on any atom is 0.240 e. The molecule has 18 heavy (non-hydrogen) atoms. The molecule has 1 N–H and O–H groups in total. The lowest BCUT2D eigenvalue weighted by Crippen LogP contribution is -2.39. The molecule has 1 saturated carbocycles. The zero-order valence-corrected chi connectivity index (χ0v) is 10.3. The van der Waals surface area contributed by atoms with Crippen LogP contribution in [0.1, 0.15) is 44.3 Å². The van der Waals surface area contributed by atoms with Crippen LogP contribution in [-0.4, -0.2) is 11.1 Å². The quantitative estimate of drug-likeness (QED) is 0.830. The van der Waals surface area contributed by atoms with Crippen LogP contribution in [0.4, 0.5) is 0 Å². The molecule has 0 unspecified atom stereocenters. The van der Waals surface area contributed by atoms with Gasteiger partial charge >= 0.3 is 0 Å². The number of carbonyl (C=O) groups excluding carboxylic acids is 1. The fraction of sp³-hybridized carbons (Fsp3) is 0.615. The molecule has 0 radical (unpaired) electrons. The van der Waals surface area contributed by atoms with Gasteiger partial charge in [0, 0.05) is 6.07 Å². The van der Waals surface area contributed by atoms with Gasteiger partial charge in [-0.1, -0.05) is 30.8 Å². The third kappa shape index (κ3) is 2.70. The van der Waals surface area contributed by atoms with Crippen LogP contribution < -0.4 is 5.32 Å². The molecule has 0 aromatic carbocycles. The number of hydrogen-bond donors (Lipinski definition) is 1. The van der Waals surface area contributed by atoms with Gasteiger partial charge in [-0.05, 0) is 12.8 Å². The molecular weight excluding hydrogens is 230 g/mol. The van der Waals surface area contributed by atoms with Crippen molar-refractivity contribution in [3.05, 3.63) is 18.0 Å². The third-order valence-corrected chi connectivity index (χ3v) is 3.52. The molecule has 1 aliphatic carbocycles. The summed E-state index contributed by atoms with van der Waals surface area (Å²) in [6, 6.07) is 3.93. The summed E-state index contributed by atoms with van der Waals surface area (Å²) in [6.07, 6.45) is 6.97. The number of nitrogens with zero attached hydrogens (tertiary/aromatic N) is 2. The molecule has 0 saturated heterocycles. The first-order chi connectivity index (χ1) is 8.77. The highest BCUT2D eigenvalue weighted by molar-refractivity contribution is 5.85. The van der Waals surface area contributed by atoms with Crippen LogP contribution in [0.3, 0.4) is 0 Å². The zero-order chi connectivity index (χ0) is 12.8. The molecule has 2 rings (SSSR count). The summed E-state index contributed by atoms with van der Waals surface area (Å²) in [5.41, 5.74) is -0.851. The Bertz CT molecular complexity index is 426. The molecule has 1 heterocycles. The van der Waals surface area contributed by atoms with Crippen molar-refractivity contribution in [2.24, 2.45) is 5.41 Å². The van der Waals surface area contributed by atoms with Crippen molar-refractivity contribution in [1.29, 1.82) is 5.26 Å². The van der Waals surface area contributed by atoms with Crippen molar-refractivity contribution >= 4 is 5.91 Å². The first-order valence-electron chi connectivity index (χ1n) is 6.36. The summed E-state index contributed by atoms with van der Waals surface area (Å²) >= 11 is 0. The number of aromatic nitrogens is 1. The van der Waals surface area contributed by atoms with Crippen molar-refractivity contribution in [2.75, 3.05) is 0 Å². The lowest BCUT2D eigenvalue weighted by Gasteiger charge is -2.23. The number of rotatable bonds is 3. The minimum absolute atomic E-state index is 0.177. The predicted octanol–water partition coefficient (Wildman–Crippen LogP) is 2.15. The van der Waals surface area contributed by atoms with Gasteiger partial charge in [-0.25, -0.2) is 0 Å². The Hall–Kier alpha value is -1.83. The second kappa shape index (κ2) is 5.67.